The largest absolute Gasteiger partial charge is 0.496 e. The molecule has 0 amide bonds. The van der Waals surface area contributed by atoms with E-state index in [0.29, 0.717) is 0 Å². The molecule has 0 aliphatic rings. The second kappa shape index (κ2) is 11.9. The van der Waals surface area contributed by atoms with Gasteiger partial charge in [0, 0.05) is 5.56 Å². The Morgan fingerprint density at radius 1 is 1.03 bits per heavy atom. The maximum atomic E-state index is 11.9. The smallest absolute Gasteiger partial charge is 0.303 e. The van der Waals surface area contributed by atoms with Crippen LogP contribution in [0.2, 0.25) is 18.1 Å². The number of aryl methyl sites for hydroxylation is 1. The average Bonchev–Trinajstić information content (AvgIpc) is 2.77. The quantitative estimate of drug-likeness (QED) is 0.322. The van der Waals surface area contributed by atoms with Crippen molar-refractivity contribution in [3.8, 4) is 11.5 Å². The van der Waals surface area contributed by atoms with Gasteiger partial charge < -0.3 is 19.0 Å². The molecule has 188 valence electrons. The standard InChI is InChI=1S/C28H42O5Si/c1-20-24(31-5)17-23(18-25(20)32-6)27(33-34(7,8)28(2,3)4)22(19-26(29)30)16-12-15-21-13-10-9-11-14-21/h9-11,13-14,17-18,22,27H,12,15-16,19H2,1-8H3,(H,29,30)/t22-,27?/m0/s1. The van der Waals surface area contributed by atoms with Crippen molar-refractivity contribution in [2.45, 2.75) is 77.6 Å². The van der Waals surface area contributed by atoms with Gasteiger partial charge in [-0.2, -0.15) is 0 Å². The minimum absolute atomic E-state index is 0.0120. The highest BCUT2D eigenvalue weighted by Gasteiger charge is 2.41. The number of carboxylic acids is 1. The zero-order valence-electron chi connectivity index (χ0n) is 22.1. The topological polar surface area (TPSA) is 65.0 Å². The van der Waals surface area contributed by atoms with Crippen molar-refractivity contribution >= 4 is 14.3 Å². The first-order valence-electron chi connectivity index (χ1n) is 12.1. The van der Waals surface area contributed by atoms with E-state index >= 15 is 0 Å². The summed E-state index contributed by atoms with van der Waals surface area (Å²) in [6, 6.07) is 14.3. The van der Waals surface area contributed by atoms with Gasteiger partial charge in [0.2, 0.25) is 0 Å². The average molecular weight is 487 g/mol. The van der Waals surface area contributed by atoms with E-state index in [1.54, 1.807) is 14.2 Å². The fourth-order valence-electron chi connectivity index (χ4n) is 4.00. The van der Waals surface area contributed by atoms with Crippen LogP contribution in [0.25, 0.3) is 0 Å². The molecule has 1 N–H and O–H groups in total. The van der Waals surface area contributed by atoms with Gasteiger partial charge in [-0.15, -0.1) is 0 Å². The number of ether oxygens (including phenoxy) is 2. The lowest BCUT2D eigenvalue weighted by Gasteiger charge is -2.41. The Hall–Kier alpha value is -2.31. The van der Waals surface area contributed by atoms with E-state index in [4.69, 9.17) is 13.9 Å². The fourth-order valence-corrected chi connectivity index (χ4v) is 5.32. The molecular weight excluding hydrogens is 444 g/mol. The van der Waals surface area contributed by atoms with Crippen molar-refractivity contribution in [2.24, 2.45) is 5.92 Å². The van der Waals surface area contributed by atoms with Crippen molar-refractivity contribution in [1.29, 1.82) is 0 Å². The normalized spacial score (nSPS) is 13.9. The van der Waals surface area contributed by atoms with Crippen LogP contribution in [0.1, 0.15) is 62.8 Å². The molecule has 0 spiro atoms. The monoisotopic (exact) mass is 486 g/mol. The van der Waals surface area contributed by atoms with E-state index in [-0.39, 0.29) is 23.5 Å². The third-order valence-corrected chi connectivity index (χ3v) is 11.5. The zero-order valence-corrected chi connectivity index (χ0v) is 23.1. The van der Waals surface area contributed by atoms with Gasteiger partial charge in [0.15, 0.2) is 8.32 Å². The molecule has 0 aliphatic carbocycles. The van der Waals surface area contributed by atoms with E-state index in [1.165, 1.54) is 5.56 Å². The molecule has 34 heavy (non-hydrogen) atoms. The molecule has 2 atom stereocenters. The highest BCUT2D eigenvalue weighted by molar-refractivity contribution is 6.74. The minimum atomic E-state index is -2.21. The van der Waals surface area contributed by atoms with Crippen LogP contribution >= 0.6 is 0 Å². The number of methoxy groups -OCH3 is 2. The van der Waals surface area contributed by atoms with Crippen LogP contribution in [0, 0.1) is 12.8 Å². The van der Waals surface area contributed by atoms with Crippen LogP contribution in [-0.2, 0) is 15.6 Å². The van der Waals surface area contributed by atoms with Crippen LogP contribution in [0.4, 0.5) is 0 Å². The van der Waals surface area contributed by atoms with Gasteiger partial charge in [0.25, 0.3) is 0 Å². The van der Waals surface area contributed by atoms with Crippen LogP contribution in [0.15, 0.2) is 42.5 Å². The summed E-state index contributed by atoms with van der Waals surface area (Å²) in [5, 5.41) is 9.79. The van der Waals surface area contributed by atoms with Gasteiger partial charge in [0.05, 0.1) is 26.7 Å². The van der Waals surface area contributed by atoms with E-state index in [9.17, 15) is 9.90 Å². The van der Waals surface area contributed by atoms with E-state index in [2.05, 4.69) is 46.0 Å². The van der Waals surface area contributed by atoms with Crippen LogP contribution in [0.3, 0.4) is 0 Å². The summed E-state index contributed by atoms with van der Waals surface area (Å²) in [7, 11) is 1.07. The highest BCUT2D eigenvalue weighted by Crippen LogP contribution is 2.45. The number of hydrogen-bond acceptors (Lipinski definition) is 4. The molecule has 0 aromatic heterocycles. The Labute approximate surface area is 206 Å². The highest BCUT2D eigenvalue weighted by atomic mass is 28.4. The molecule has 0 bridgehead atoms. The summed E-state index contributed by atoms with van der Waals surface area (Å²) < 4.78 is 18.2. The summed E-state index contributed by atoms with van der Waals surface area (Å²) in [6.45, 7) is 13.0. The summed E-state index contributed by atoms with van der Waals surface area (Å²) >= 11 is 0. The fraction of sp³-hybridized carbons (Fsp3) is 0.536. The second-order valence-corrected chi connectivity index (χ2v) is 15.3. The Balaban J connectivity index is 2.48. The van der Waals surface area contributed by atoms with Crippen LogP contribution < -0.4 is 9.47 Å². The zero-order chi connectivity index (χ0) is 25.5. The number of benzene rings is 2. The first kappa shape index (κ1) is 27.9. The Morgan fingerprint density at radius 2 is 1.59 bits per heavy atom. The molecule has 0 heterocycles. The number of aliphatic carboxylic acids is 1. The van der Waals surface area contributed by atoms with Crippen molar-refractivity contribution in [3.63, 3.8) is 0 Å². The molecule has 2 rings (SSSR count). The second-order valence-electron chi connectivity index (χ2n) is 10.6. The van der Waals surface area contributed by atoms with Crippen molar-refractivity contribution in [1.82, 2.24) is 0 Å². The van der Waals surface area contributed by atoms with Crippen LogP contribution in [0.5, 0.6) is 11.5 Å². The minimum Gasteiger partial charge on any atom is -0.496 e. The molecule has 0 saturated heterocycles. The predicted octanol–water partition coefficient (Wildman–Crippen LogP) is 7.19. The first-order valence-corrected chi connectivity index (χ1v) is 15.0. The third kappa shape index (κ3) is 7.34. The molecule has 5 nitrogen and oxygen atoms in total. The molecule has 2 aromatic carbocycles. The summed E-state index contributed by atoms with van der Waals surface area (Å²) in [5.74, 6) is 0.458. The van der Waals surface area contributed by atoms with Gasteiger partial charge in [-0.1, -0.05) is 51.1 Å². The Bertz CT molecular complexity index is 909. The Morgan fingerprint density at radius 3 is 2.06 bits per heavy atom. The number of rotatable bonds is 12. The van der Waals surface area contributed by atoms with Crippen LogP contribution in [-0.4, -0.2) is 33.6 Å². The van der Waals surface area contributed by atoms with Crippen molar-refractivity contribution < 1.29 is 23.8 Å². The maximum absolute atomic E-state index is 11.9. The molecule has 2 aromatic rings. The molecule has 0 fully saturated rings. The predicted molar refractivity (Wildman–Crippen MR) is 140 cm³/mol. The SMILES string of the molecule is COc1cc(C(O[Si](C)(C)C(C)(C)C)[C@@H](CCCc2ccccc2)CC(=O)O)cc(OC)c1C. The van der Waals surface area contributed by atoms with Gasteiger partial charge in [-0.3, -0.25) is 4.79 Å². The molecule has 0 radical (unpaired) electrons. The van der Waals surface area contributed by atoms with Crippen molar-refractivity contribution in [3.05, 3.63) is 59.2 Å². The summed E-state index contributed by atoms with van der Waals surface area (Å²) in [4.78, 5) is 11.9. The molecular formula is C28H42O5Si. The molecule has 0 aliphatic heterocycles. The van der Waals surface area contributed by atoms with Gasteiger partial charge in [-0.25, -0.2) is 0 Å². The van der Waals surface area contributed by atoms with E-state index < -0.39 is 14.3 Å². The first-order chi connectivity index (χ1) is 15.9. The summed E-state index contributed by atoms with van der Waals surface area (Å²) in [6.07, 6.45) is 2.23. The van der Waals surface area contributed by atoms with Gasteiger partial charge >= 0.3 is 5.97 Å². The molecule has 6 heteroatoms. The maximum Gasteiger partial charge on any atom is 0.303 e. The number of hydrogen-bond donors (Lipinski definition) is 1. The number of carboxylic acid groups (broad SMARTS) is 1. The number of carbonyl (C=O) groups is 1. The lowest BCUT2D eigenvalue weighted by Crippen LogP contribution is -2.43. The summed E-state index contributed by atoms with van der Waals surface area (Å²) in [5.41, 5.74) is 3.09. The van der Waals surface area contributed by atoms with Gasteiger partial charge in [0.1, 0.15) is 11.5 Å². The lowest BCUT2D eigenvalue weighted by molar-refractivity contribution is -0.139. The molecule has 1 unspecified atom stereocenters. The molecule has 0 saturated carbocycles. The van der Waals surface area contributed by atoms with Crippen molar-refractivity contribution in [2.75, 3.05) is 14.2 Å². The van der Waals surface area contributed by atoms with E-state index in [0.717, 1.165) is 41.9 Å². The van der Waals surface area contributed by atoms with Gasteiger partial charge in [-0.05, 0) is 73.5 Å². The lowest BCUT2D eigenvalue weighted by atomic mass is 9.87. The van der Waals surface area contributed by atoms with E-state index in [1.807, 2.05) is 37.3 Å². The Kier molecular flexibility index (Phi) is 9.77. The third-order valence-electron chi connectivity index (χ3n) is 7.08.